The third-order valence-corrected chi connectivity index (χ3v) is 4.91. The molecule has 2 rings (SSSR count). The number of benzene rings is 1. The van der Waals surface area contributed by atoms with Crippen molar-refractivity contribution in [3.05, 3.63) is 21.7 Å². The fourth-order valence-electron chi connectivity index (χ4n) is 1.76. The summed E-state index contributed by atoms with van der Waals surface area (Å²) < 4.78 is 3.24. The lowest BCUT2D eigenvalue weighted by molar-refractivity contribution is 0.100. The number of thiophene rings is 1. The Balaban J connectivity index is 2.43. The molecule has 6 nitrogen and oxygen atoms in total. The molecule has 0 unspecified atom stereocenters. The monoisotopic (exact) mass is 450 g/mol. The van der Waals surface area contributed by atoms with Crippen LogP contribution in [0.1, 0.15) is 10.4 Å². The zero-order valence-corrected chi connectivity index (χ0v) is 15.9. The topological polar surface area (TPSA) is 102 Å². The van der Waals surface area contributed by atoms with Crippen molar-refractivity contribution in [1.82, 2.24) is 0 Å². The van der Waals surface area contributed by atoms with Gasteiger partial charge in [-0.3, -0.25) is 10.1 Å². The lowest BCUT2D eigenvalue weighted by Gasteiger charge is -2.11. The molecule has 130 valence electrons. The van der Waals surface area contributed by atoms with E-state index >= 15 is 0 Å². The van der Waals surface area contributed by atoms with Gasteiger partial charge in [-0.2, -0.15) is 0 Å². The molecule has 1 aromatic heterocycles. The van der Waals surface area contributed by atoms with Crippen LogP contribution in [0.3, 0.4) is 0 Å². The van der Waals surface area contributed by atoms with Crippen molar-refractivity contribution >= 4 is 96.4 Å². The average Bonchev–Trinajstić information content (AvgIpc) is 2.80. The first-order chi connectivity index (χ1) is 11.0. The van der Waals surface area contributed by atoms with E-state index < -0.39 is 22.4 Å². The Bertz CT molecular complexity index is 833. The van der Waals surface area contributed by atoms with Crippen molar-refractivity contribution in [2.75, 3.05) is 11.9 Å². The molecule has 0 spiro atoms. The van der Waals surface area contributed by atoms with Crippen LogP contribution in [0, 0.1) is 0 Å². The van der Waals surface area contributed by atoms with Crippen LogP contribution in [0.5, 0.6) is 5.75 Å². The van der Waals surface area contributed by atoms with Gasteiger partial charge >= 0.3 is 6.09 Å². The Labute approximate surface area is 164 Å². The van der Waals surface area contributed by atoms with Gasteiger partial charge in [0.15, 0.2) is 5.75 Å². The van der Waals surface area contributed by atoms with E-state index in [2.05, 4.69) is 5.32 Å². The standard InChI is InChI=1S/C12H7Cl5N2O4S/c13-4-1-3-5(9(18)21)10(24-8(3)6(14)7(4)20)19-11(22)23-2-12(15,16)17/h1,20H,2H2,(H2,18,21)(H,19,22). The van der Waals surface area contributed by atoms with Crippen molar-refractivity contribution in [2.45, 2.75) is 3.79 Å². The molecule has 0 fully saturated rings. The van der Waals surface area contributed by atoms with Gasteiger partial charge in [0.2, 0.25) is 3.79 Å². The van der Waals surface area contributed by atoms with E-state index in [1.807, 2.05) is 0 Å². The van der Waals surface area contributed by atoms with Crippen molar-refractivity contribution in [1.29, 1.82) is 0 Å². The number of fused-ring (bicyclic) bond motifs is 1. The predicted octanol–water partition coefficient (Wildman–Crippen LogP) is 4.93. The number of amides is 2. The molecule has 0 saturated heterocycles. The first kappa shape index (κ1) is 19.5. The zero-order chi connectivity index (χ0) is 18.2. The number of hydrogen-bond acceptors (Lipinski definition) is 5. The summed E-state index contributed by atoms with van der Waals surface area (Å²) in [7, 11) is 0. The number of ether oxygens (including phenoxy) is 1. The lowest BCUT2D eigenvalue weighted by atomic mass is 10.1. The second-order valence-electron chi connectivity index (χ2n) is 4.38. The van der Waals surface area contributed by atoms with Gasteiger partial charge < -0.3 is 15.6 Å². The van der Waals surface area contributed by atoms with E-state index in [0.717, 1.165) is 11.3 Å². The summed E-state index contributed by atoms with van der Waals surface area (Å²) >= 11 is 29.2. The maximum absolute atomic E-state index is 11.8. The van der Waals surface area contributed by atoms with Crippen LogP contribution < -0.4 is 11.1 Å². The molecule has 4 N–H and O–H groups in total. The second-order valence-corrected chi connectivity index (χ2v) is 8.71. The quantitative estimate of drug-likeness (QED) is 0.575. The fourth-order valence-corrected chi connectivity index (χ4v) is 3.60. The summed E-state index contributed by atoms with van der Waals surface area (Å²) in [5.41, 5.74) is 5.31. The highest BCUT2D eigenvalue weighted by atomic mass is 35.6. The molecule has 0 radical (unpaired) electrons. The number of hydrogen-bond donors (Lipinski definition) is 3. The van der Waals surface area contributed by atoms with Gasteiger partial charge in [0.25, 0.3) is 5.91 Å². The zero-order valence-electron chi connectivity index (χ0n) is 11.3. The van der Waals surface area contributed by atoms with Gasteiger partial charge in [-0.1, -0.05) is 58.0 Å². The van der Waals surface area contributed by atoms with Gasteiger partial charge in [0, 0.05) is 5.39 Å². The Morgan fingerprint density at radius 2 is 1.96 bits per heavy atom. The van der Waals surface area contributed by atoms with E-state index in [4.69, 9.17) is 68.5 Å². The van der Waals surface area contributed by atoms with Gasteiger partial charge in [-0.15, -0.1) is 11.3 Å². The highest BCUT2D eigenvalue weighted by Gasteiger charge is 2.25. The smallest absolute Gasteiger partial charge is 0.412 e. The minimum absolute atomic E-state index is 0.0374. The number of phenols is 1. The molecule has 1 aromatic carbocycles. The second kappa shape index (κ2) is 7.19. The van der Waals surface area contributed by atoms with Gasteiger partial charge in [-0.05, 0) is 6.07 Å². The van der Waals surface area contributed by atoms with Crippen LogP contribution >= 0.6 is 69.3 Å². The van der Waals surface area contributed by atoms with E-state index in [9.17, 15) is 14.7 Å². The molecule has 24 heavy (non-hydrogen) atoms. The number of rotatable bonds is 3. The summed E-state index contributed by atoms with van der Waals surface area (Å²) in [6.45, 7) is -0.506. The number of aromatic hydroxyl groups is 1. The number of carbonyl (C=O) groups is 2. The third kappa shape index (κ3) is 4.22. The summed E-state index contributed by atoms with van der Waals surface area (Å²) in [5, 5.41) is 12.3. The molecule has 0 aliphatic rings. The summed E-state index contributed by atoms with van der Waals surface area (Å²) in [6, 6.07) is 1.31. The largest absolute Gasteiger partial charge is 0.505 e. The molecular formula is C12H7Cl5N2O4S. The van der Waals surface area contributed by atoms with E-state index in [1.165, 1.54) is 6.07 Å². The maximum Gasteiger partial charge on any atom is 0.412 e. The normalized spacial score (nSPS) is 11.5. The first-order valence-electron chi connectivity index (χ1n) is 5.95. The molecule has 2 aromatic rings. The lowest BCUT2D eigenvalue weighted by Crippen LogP contribution is -2.22. The Morgan fingerprint density at radius 1 is 1.33 bits per heavy atom. The van der Waals surface area contributed by atoms with Crippen LogP contribution in [-0.4, -0.2) is 27.5 Å². The molecule has 0 aliphatic heterocycles. The number of nitrogens with one attached hydrogen (secondary N) is 1. The van der Waals surface area contributed by atoms with Crippen LogP contribution in [0.25, 0.3) is 10.1 Å². The minimum atomic E-state index is -1.79. The molecule has 0 atom stereocenters. The molecular weight excluding hydrogens is 445 g/mol. The van der Waals surface area contributed by atoms with Crippen molar-refractivity contribution in [3.63, 3.8) is 0 Å². The molecule has 1 heterocycles. The Hall–Kier alpha value is -0.830. The summed E-state index contributed by atoms with van der Waals surface area (Å²) in [5.74, 6) is -1.19. The molecule has 0 aliphatic carbocycles. The minimum Gasteiger partial charge on any atom is -0.505 e. The highest BCUT2D eigenvalue weighted by molar-refractivity contribution is 7.24. The van der Waals surface area contributed by atoms with Crippen molar-refractivity contribution < 1.29 is 19.4 Å². The molecule has 12 heteroatoms. The van der Waals surface area contributed by atoms with E-state index in [0.29, 0.717) is 4.70 Å². The number of phenolic OH excluding ortho intramolecular Hbond substituents is 1. The number of nitrogens with two attached hydrogens (primary N) is 1. The number of anilines is 1. The van der Waals surface area contributed by atoms with Crippen LogP contribution in [-0.2, 0) is 4.74 Å². The Kier molecular flexibility index (Phi) is 5.84. The molecule has 0 bridgehead atoms. The molecule has 0 saturated carbocycles. The van der Waals surface area contributed by atoms with Gasteiger partial charge in [-0.25, -0.2) is 4.79 Å². The first-order valence-corrected chi connectivity index (χ1v) is 8.65. The summed E-state index contributed by atoms with van der Waals surface area (Å²) in [4.78, 5) is 23.5. The van der Waals surface area contributed by atoms with E-state index in [1.54, 1.807) is 0 Å². The highest BCUT2D eigenvalue weighted by Crippen LogP contribution is 2.46. The van der Waals surface area contributed by atoms with Crippen molar-refractivity contribution in [2.24, 2.45) is 5.73 Å². The number of alkyl halides is 3. The maximum atomic E-state index is 11.8. The molecule has 2 amide bonds. The summed E-state index contributed by atoms with van der Waals surface area (Å²) in [6.07, 6.45) is -0.971. The van der Waals surface area contributed by atoms with Crippen molar-refractivity contribution in [3.8, 4) is 5.75 Å². The van der Waals surface area contributed by atoms with Gasteiger partial charge in [0.05, 0.1) is 15.3 Å². The number of halogens is 5. The van der Waals surface area contributed by atoms with Crippen LogP contribution in [0.15, 0.2) is 6.07 Å². The Morgan fingerprint density at radius 3 is 2.50 bits per heavy atom. The number of carbonyl (C=O) groups excluding carboxylic acids is 2. The van der Waals surface area contributed by atoms with Gasteiger partial charge in [0.1, 0.15) is 16.6 Å². The SMILES string of the molecule is NC(=O)c1c(NC(=O)OCC(Cl)(Cl)Cl)sc2c(Cl)c(O)c(Cl)cc12. The van der Waals surface area contributed by atoms with Crippen LogP contribution in [0.2, 0.25) is 10.0 Å². The predicted molar refractivity (Wildman–Crippen MR) is 97.3 cm³/mol. The average molecular weight is 453 g/mol. The fraction of sp³-hybridized carbons (Fsp3) is 0.167. The van der Waals surface area contributed by atoms with Crippen LogP contribution in [0.4, 0.5) is 9.80 Å². The number of primary amides is 1. The van der Waals surface area contributed by atoms with E-state index in [-0.39, 0.29) is 31.7 Å². The third-order valence-electron chi connectivity index (χ3n) is 2.68.